The molecule has 30 heavy (non-hydrogen) atoms. The van der Waals surface area contributed by atoms with Crippen molar-refractivity contribution in [3.05, 3.63) is 70.8 Å². The summed E-state index contributed by atoms with van der Waals surface area (Å²) in [6.45, 7) is 5.60. The molecule has 158 valence electrons. The van der Waals surface area contributed by atoms with E-state index in [0.717, 1.165) is 24.4 Å². The summed E-state index contributed by atoms with van der Waals surface area (Å²) in [6.07, 6.45) is 4.94. The highest BCUT2D eigenvalue weighted by Crippen LogP contribution is 2.40. The van der Waals surface area contributed by atoms with Gasteiger partial charge in [-0.15, -0.1) is 0 Å². The summed E-state index contributed by atoms with van der Waals surface area (Å²) >= 11 is 0. The molecule has 0 aliphatic carbocycles. The molecule has 4 nitrogen and oxygen atoms in total. The maximum atomic E-state index is 13.2. The van der Waals surface area contributed by atoms with Crippen LogP contribution in [0.2, 0.25) is 0 Å². The third kappa shape index (κ3) is 3.57. The van der Waals surface area contributed by atoms with E-state index in [0.29, 0.717) is 12.1 Å². The minimum absolute atomic E-state index is 0.0536. The lowest BCUT2D eigenvalue weighted by molar-refractivity contribution is 0.0551. The lowest BCUT2D eigenvalue weighted by Crippen LogP contribution is -2.54. The molecule has 2 fully saturated rings. The number of benzene rings is 2. The molecule has 1 N–H and O–H groups in total. The van der Waals surface area contributed by atoms with Crippen molar-refractivity contribution in [1.29, 1.82) is 0 Å². The van der Waals surface area contributed by atoms with Gasteiger partial charge in [0.05, 0.1) is 6.04 Å². The number of carbonyl (C=O) groups is 1. The normalized spacial score (nSPS) is 26.8. The van der Waals surface area contributed by atoms with Gasteiger partial charge in [-0.05, 0) is 73.9 Å². The largest absolute Gasteiger partial charge is 0.335 e. The highest BCUT2D eigenvalue weighted by molar-refractivity contribution is 5.94. The smallest absolute Gasteiger partial charge is 0.254 e. The van der Waals surface area contributed by atoms with Crippen molar-refractivity contribution in [2.24, 2.45) is 5.92 Å². The number of carbonyl (C=O) groups excluding carboxylic acids is 1. The Hall–Kier alpha value is -2.17. The minimum atomic E-state index is 0.0536. The molecule has 3 aliphatic heterocycles. The van der Waals surface area contributed by atoms with Crippen LogP contribution < -0.4 is 5.32 Å². The molecule has 4 atom stereocenters. The van der Waals surface area contributed by atoms with Crippen molar-refractivity contribution in [1.82, 2.24) is 15.1 Å². The van der Waals surface area contributed by atoms with Crippen LogP contribution in [0.5, 0.6) is 0 Å². The van der Waals surface area contributed by atoms with Crippen LogP contribution in [-0.2, 0) is 6.42 Å². The monoisotopic (exact) mass is 403 g/mol. The van der Waals surface area contributed by atoms with E-state index in [2.05, 4.69) is 47.5 Å². The predicted octanol–water partition coefficient (Wildman–Crippen LogP) is 4.19. The van der Waals surface area contributed by atoms with E-state index in [9.17, 15) is 4.79 Å². The van der Waals surface area contributed by atoms with Crippen LogP contribution in [0.4, 0.5) is 0 Å². The fourth-order valence-corrected chi connectivity index (χ4v) is 5.78. The first-order valence-electron chi connectivity index (χ1n) is 11.5. The van der Waals surface area contributed by atoms with Gasteiger partial charge in [-0.1, -0.05) is 36.4 Å². The molecule has 5 rings (SSSR count). The molecule has 3 aliphatic rings. The Morgan fingerprint density at radius 2 is 2.03 bits per heavy atom. The SMILES string of the molecule is C[C@H](c1ccccc1)N(C)C(=O)c1ccc2c(c1)CCN1C[C@@H]3CCCN[C@@H]3C[C@H]21. The molecule has 2 saturated heterocycles. The average molecular weight is 404 g/mol. The molecule has 3 heterocycles. The quantitative estimate of drug-likeness (QED) is 0.835. The van der Waals surface area contributed by atoms with E-state index >= 15 is 0 Å². The maximum Gasteiger partial charge on any atom is 0.254 e. The second-order valence-electron chi connectivity index (χ2n) is 9.38. The van der Waals surface area contributed by atoms with Gasteiger partial charge in [-0.2, -0.15) is 0 Å². The standard InChI is InChI=1S/C26H33N3O/c1-18(19-7-4-3-5-8-19)28(2)26(30)21-10-11-23-20(15-21)12-14-29-17-22-9-6-13-27-24(22)16-25(23)29/h3-5,7-8,10-11,15,18,22,24-25,27H,6,9,12-14,16-17H2,1-2H3/t18-,22+,24-,25-/m1/s1. The van der Waals surface area contributed by atoms with Gasteiger partial charge in [0.25, 0.3) is 5.91 Å². The fraction of sp³-hybridized carbons (Fsp3) is 0.500. The molecular formula is C26H33N3O. The van der Waals surface area contributed by atoms with Crippen LogP contribution in [0.25, 0.3) is 0 Å². The second kappa shape index (κ2) is 8.16. The number of fused-ring (bicyclic) bond motifs is 4. The molecule has 0 aromatic heterocycles. The maximum absolute atomic E-state index is 13.2. The molecule has 2 aromatic rings. The van der Waals surface area contributed by atoms with Gasteiger partial charge in [-0.25, -0.2) is 0 Å². The molecule has 0 saturated carbocycles. The Kier molecular flexibility index (Phi) is 5.38. The first-order valence-corrected chi connectivity index (χ1v) is 11.5. The average Bonchev–Trinajstić information content (AvgIpc) is 2.81. The van der Waals surface area contributed by atoms with E-state index in [-0.39, 0.29) is 11.9 Å². The molecule has 4 heteroatoms. The highest BCUT2D eigenvalue weighted by atomic mass is 16.2. The van der Waals surface area contributed by atoms with Gasteiger partial charge in [0.15, 0.2) is 0 Å². The zero-order valence-electron chi connectivity index (χ0n) is 18.2. The van der Waals surface area contributed by atoms with E-state index in [4.69, 9.17) is 0 Å². The summed E-state index contributed by atoms with van der Waals surface area (Å²) in [4.78, 5) is 17.8. The summed E-state index contributed by atoms with van der Waals surface area (Å²) in [5.74, 6) is 0.916. The summed E-state index contributed by atoms with van der Waals surface area (Å²) in [5, 5.41) is 3.77. The molecule has 1 amide bonds. The van der Waals surface area contributed by atoms with Crippen molar-refractivity contribution in [2.45, 2.75) is 50.7 Å². The van der Waals surface area contributed by atoms with Gasteiger partial charge in [-0.3, -0.25) is 9.69 Å². The van der Waals surface area contributed by atoms with Crippen LogP contribution in [0.1, 0.15) is 65.3 Å². The minimum Gasteiger partial charge on any atom is -0.335 e. The van der Waals surface area contributed by atoms with Crippen LogP contribution in [0.15, 0.2) is 48.5 Å². The van der Waals surface area contributed by atoms with Crippen LogP contribution in [0, 0.1) is 5.92 Å². The molecule has 0 bridgehead atoms. The van der Waals surface area contributed by atoms with Gasteiger partial charge in [0.2, 0.25) is 0 Å². The summed E-state index contributed by atoms with van der Waals surface area (Å²) in [5.41, 5.74) is 4.80. The number of piperidine rings is 2. The predicted molar refractivity (Wildman–Crippen MR) is 121 cm³/mol. The Labute approximate surface area is 180 Å². The lowest BCUT2D eigenvalue weighted by Gasteiger charge is -2.49. The zero-order valence-corrected chi connectivity index (χ0v) is 18.2. The van der Waals surface area contributed by atoms with Crippen molar-refractivity contribution < 1.29 is 4.79 Å². The van der Waals surface area contributed by atoms with Crippen LogP contribution >= 0.6 is 0 Å². The molecule has 2 aromatic carbocycles. The molecule has 0 unspecified atom stereocenters. The highest BCUT2D eigenvalue weighted by Gasteiger charge is 2.39. The van der Waals surface area contributed by atoms with E-state index in [1.54, 1.807) is 0 Å². The number of nitrogens with one attached hydrogen (secondary N) is 1. The van der Waals surface area contributed by atoms with E-state index in [1.807, 2.05) is 30.1 Å². The number of amides is 1. The van der Waals surface area contributed by atoms with Gasteiger partial charge >= 0.3 is 0 Å². The number of nitrogens with zero attached hydrogens (tertiary/aromatic N) is 2. The third-order valence-corrected chi connectivity index (χ3v) is 7.71. The lowest BCUT2D eigenvalue weighted by atomic mass is 9.77. The first kappa shape index (κ1) is 19.8. The molecule has 0 spiro atoms. The van der Waals surface area contributed by atoms with Crippen molar-refractivity contribution in [3.63, 3.8) is 0 Å². The Balaban J connectivity index is 1.35. The van der Waals surface area contributed by atoms with Crippen LogP contribution in [-0.4, -0.2) is 48.4 Å². The number of hydrogen-bond donors (Lipinski definition) is 1. The number of rotatable bonds is 3. The Morgan fingerprint density at radius 1 is 1.20 bits per heavy atom. The fourth-order valence-electron chi connectivity index (χ4n) is 5.78. The summed E-state index contributed by atoms with van der Waals surface area (Å²) in [6, 6.07) is 17.9. The first-order chi connectivity index (χ1) is 14.6. The second-order valence-corrected chi connectivity index (χ2v) is 9.38. The zero-order chi connectivity index (χ0) is 20.7. The van der Waals surface area contributed by atoms with Crippen molar-refractivity contribution in [2.75, 3.05) is 26.7 Å². The topological polar surface area (TPSA) is 35.6 Å². The Morgan fingerprint density at radius 3 is 2.87 bits per heavy atom. The third-order valence-electron chi connectivity index (χ3n) is 7.71. The summed E-state index contributed by atoms with van der Waals surface area (Å²) < 4.78 is 0. The van der Waals surface area contributed by atoms with Crippen LogP contribution in [0.3, 0.4) is 0 Å². The summed E-state index contributed by atoms with van der Waals surface area (Å²) in [7, 11) is 1.91. The van der Waals surface area contributed by atoms with E-state index < -0.39 is 0 Å². The van der Waals surface area contributed by atoms with E-state index in [1.165, 1.54) is 49.0 Å². The van der Waals surface area contributed by atoms with Gasteiger partial charge in [0, 0.05) is 37.8 Å². The molecular weight excluding hydrogens is 370 g/mol. The van der Waals surface area contributed by atoms with Crippen molar-refractivity contribution >= 4 is 5.91 Å². The number of hydrogen-bond acceptors (Lipinski definition) is 3. The Bertz CT molecular complexity index is 912. The molecule has 0 radical (unpaired) electrons. The van der Waals surface area contributed by atoms with Gasteiger partial charge in [0.1, 0.15) is 0 Å². The van der Waals surface area contributed by atoms with Crippen molar-refractivity contribution in [3.8, 4) is 0 Å². The van der Waals surface area contributed by atoms with Gasteiger partial charge < -0.3 is 10.2 Å².